The minimum Gasteiger partial charge on any atom is -0.477 e. The summed E-state index contributed by atoms with van der Waals surface area (Å²) in [6, 6.07) is 1.36. The van der Waals surface area contributed by atoms with Crippen LogP contribution in [0.25, 0.3) is 0 Å². The topological polar surface area (TPSA) is 69.6 Å². The lowest BCUT2D eigenvalue weighted by atomic mass is 10.3. The number of aromatic carboxylic acids is 1. The van der Waals surface area contributed by atoms with E-state index in [1.807, 2.05) is 0 Å². The molecule has 0 aliphatic carbocycles. The standard InChI is InChI=1S/C9H12N2O3S/c1-11(2)9(14)10-4-6-3-7(8(12)13)15-5-6/h3,5H,4H2,1-2H3,(H,10,14)(H,12,13). The highest BCUT2D eigenvalue weighted by molar-refractivity contribution is 7.12. The molecule has 1 rings (SSSR count). The van der Waals surface area contributed by atoms with Gasteiger partial charge in [0, 0.05) is 20.6 Å². The van der Waals surface area contributed by atoms with E-state index in [9.17, 15) is 9.59 Å². The average molecular weight is 228 g/mol. The van der Waals surface area contributed by atoms with E-state index in [0.717, 1.165) is 16.9 Å². The van der Waals surface area contributed by atoms with E-state index in [-0.39, 0.29) is 10.9 Å². The molecule has 0 bridgehead atoms. The molecule has 1 aromatic rings. The average Bonchev–Trinajstić information content (AvgIpc) is 2.62. The number of hydrogen-bond acceptors (Lipinski definition) is 3. The third-order valence-electron chi connectivity index (χ3n) is 1.71. The Kier molecular flexibility index (Phi) is 3.68. The molecule has 1 heterocycles. The van der Waals surface area contributed by atoms with Crippen molar-refractivity contribution in [1.82, 2.24) is 10.2 Å². The van der Waals surface area contributed by atoms with Crippen LogP contribution in [0.1, 0.15) is 15.2 Å². The van der Waals surface area contributed by atoms with Gasteiger partial charge in [0.05, 0.1) is 0 Å². The van der Waals surface area contributed by atoms with Crippen LogP contribution < -0.4 is 5.32 Å². The number of carbonyl (C=O) groups excluding carboxylic acids is 1. The van der Waals surface area contributed by atoms with Crippen LogP contribution in [-0.4, -0.2) is 36.1 Å². The zero-order chi connectivity index (χ0) is 11.4. The van der Waals surface area contributed by atoms with Crippen molar-refractivity contribution in [2.75, 3.05) is 14.1 Å². The van der Waals surface area contributed by atoms with Crippen molar-refractivity contribution < 1.29 is 14.7 Å². The monoisotopic (exact) mass is 228 g/mol. The van der Waals surface area contributed by atoms with Crippen LogP contribution in [0.4, 0.5) is 4.79 Å². The maximum Gasteiger partial charge on any atom is 0.345 e. The van der Waals surface area contributed by atoms with Crippen molar-refractivity contribution in [3.63, 3.8) is 0 Å². The molecule has 15 heavy (non-hydrogen) atoms. The number of thiophene rings is 1. The third-order valence-corrected chi connectivity index (χ3v) is 2.68. The number of nitrogens with one attached hydrogen (secondary N) is 1. The van der Waals surface area contributed by atoms with E-state index < -0.39 is 5.97 Å². The van der Waals surface area contributed by atoms with Gasteiger partial charge in [-0.3, -0.25) is 0 Å². The molecule has 0 fully saturated rings. The van der Waals surface area contributed by atoms with Gasteiger partial charge >= 0.3 is 12.0 Å². The zero-order valence-electron chi connectivity index (χ0n) is 8.48. The Morgan fingerprint density at radius 3 is 2.67 bits per heavy atom. The SMILES string of the molecule is CN(C)C(=O)NCc1csc(C(=O)O)c1. The van der Waals surface area contributed by atoms with Crippen molar-refractivity contribution in [1.29, 1.82) is 0 Å². The Balaban J connectivity index is 2.51. The minimum atomic E-state index is -0.940. The molecular formula is C9H12N2O3S. The molecule has 0 aromatic carbocycles. The van der Waals surface area contributed by atoms with Crippen LogP contribution >= 0.6 is 11.3 Å². The molecule has 6 heteroatoms. The number of hydrogen-bond donors (Lipinski definition) is 2. The van der Waals surface area contributed by atoms with E-state index in [1.165, 1.54) is 4.90 Å². The molecule has 0 spiro atoms. The Morgan fingerprint density at radius 2 is 2.20 bits per heavy atom. The third kappa shape index (κ3) is 3.25. The predicted octanol–water partition coefficient (Wildman–Crippen LogP) is 1.22. The van der Waals surface area contributed by atoms with Crippen LogP contribution in [0.2, 0.25) is 0 Å². The first-order valence-corrected chi connectivity index (χ1v) is 5.14. The van der Waals surface area contributed by atoms with E-state index in [0.29, 0.717) is 6.54 Å². The second-order valence-electron chi connectivity index (χ2n) is 3.18. The highest BCUT2D eigenvalue weighted by atomic mass is 32.1. The van der Waals surface area contributed by atoms with Gasteiger partial charge in [-0.25, -0.2) is 9.59 Å². The molecule has 1 aromatic heterocycles. The van der Waals surface area contributed by atoms with Gasteiger partial charge in [-0.1, -0.05) is 0 Å². The highest BCUT2D eigenvalue weighted by Gasteiger charge is 2.08. The van der Waals surface area contributed by atoms with Gasteiger partial charge < -0.3 is 15.3 Å². The van der Waals surface area contributed by atoms with E-state index in [1.54, 1.807) is 25.5 Å². The van der Waals surface area contributed by atoms with Crippen molar-refractivity contribution in [3.05, 3.63) is 21.9 Å². The summed E-state index contributed by atoms with van der Waals surface area (Å²) in [7, 11) is 3.29. The second-order valence-corrected chi connectivity index (χ2v) is 4.09. The molecule has 0 unspecified atom stereocenters. The largest absolute Gasteiger partial charge is 0.477 e. The van der Waals surface area contributed by atoms with Gasteiger partial charge in [0.15, 0.2) is 0 Å². The van der Waals surface area contributed by atoms with Gasteiger partial charge in [-0.2, -0.15) is 0 Å². The van der Waals surface area contributed by atoms with E-state index in [2.05, 4.69) is 5.32 Å². The summed E-state index contributed by atoms with van der Waals surface area (Å²) in [5.74, 6) is -0.940. The molecule has 0 aliphatic rings. The van der Waals surface area contributed by atoms with Gasteiger partial charge in [-0.05, 0) is 17.0 Å². The molecule has 5 nitrogen and oxygen atoms in total. The molecule has 0 radical (unpaired) electrons. The molecule has 2 amide bonds. The van der Waals surface area contributed by atoms with Gasteiger partial charge in [0.2, 0.25) is 0 Å². The van der Waals surface area contributed by atoms with Crippen LogP contribution in [-0.2, 0) is 6.54 Å². The maximum absolute atomic E-state index is 11.2. The first-order valence-electron chi connectivity index (χ1n) is 4.26. The van der Waals surface area contributed by atoms with Crippen molar-refractivity contribution >= 4 is 23.3 Å². The normalized spacial score (nSPS) is 9.73. The molecule has 0 saturated heterocycles. The lowest BCUT2D eigenvalue weighted by Crippen LogP contribution is -2.33. The smallest absolute Gasteiger partial charge is 0.345 e. The van der Waals surface area contributed by atoms with Crippen molar-refractivity contribution in [3.8, 4) is 0 Å². The fraction of sp³-hybridized carbons (Fsp3) is 0.333. The molecule has 2 N–H and O–H groups in total. The first-order chi connectivity index (χ1) is 7.00. The lowest BCUT2D eigenvalue weighted by Gasteiger charge is -2.10. The summed E-state index contributed by atoms with van der Waals surface area (Å²) < 4.78 is 0. The summed E-state index contributed by atoms with van der Waals surface area (Å²) in [6.45, 7) is 0.348. The molecule has 0 aliphatic heterocycles. The Hall–Kier alpha value is -1.56. The first kappa shape index (κ1) is 11.5. The number of carboxylic acid groups (broad SMARTS) is 1. The Bertz CT molecular complexity index is 373. The van der Waals surface area contributed by atoms with Crippen LogP contribution in [0, 0.1) is 0 Å². The minimum absolute atomic E-state index is 0.196. The number of carboxylic acids is 1. The molecular weight excluding hydrogens is 216 g/mol. The number of nitrogens with zero attached hydrogens (tertiary/aromatic N) is 1. The number of carbonyl (C=O) groups is 2. The fourth-order valence-electron chi connectivity index (χ4n) is 0.916. The predicted molar refractivity (Wildman–Crippen MR) is 57.2 cm³/mol. The van der Waals surface area contributed by atoms with Gasteiger partial charge in [0.25, 0.3) is 0 Å². The Labute approximate surface area is 91.3 Å². The summed E-state index contributed by atoms with van der Waals surface area (Å²) in [5.41, 5.74) is 0.799. The van der Waals surface area contributed by atoms with Gasteiger partial charge in [-0.15, -0.1) is 11.3 Å². The number of urea groups is 1. The van der Waals surface area contributed by atoms with Crippen LogP contribution in [0.5, 0.6) is 0 Å². The summed E-state index contributed by atoms with van der Waals surface area (Å²) in [5, 5.41) is 13.1. The fourth-order valence-corrected chi connectivity index (χ4v) is 1.67. The molecule has 0 atom stereocenters. The summed E-state index contributed by atoms with van der Waals surface area (Å²) >= 11 is 1.15. The summed E-state index contributed by atoms with van der Waals surface area (Å²) in [4.78, 5) is 23.4. The molecule has 0 saturated carbocycles. The number of amides is 2. The number of rotatable bonds is 3. The zero-order valence-corrected chi connectivity index (χ0v) is 9.30. The highest BCUT2D eigenvalue weighted by Crippen LogP contribution is 2.14. The van der Waals surface area contributed by atoms with Crippen LogP contribution in [0.3, 0.4) is 0 Å². The van der Waals surface area contributed by atoms with Crippen LogP contribution in [0.15, 0.2) is 11.4 Å². The van der Waals surface area contributed by atoms with Crippen molar-refractivity contribution in [2.24, 2.45) is 0 Å². The Morgan fingerprint density at radius 1 is 1.53 bits per heavy atom. The second kappa shape index (κ2) is 4.79. The van der Waals surface area contributed by atoms with Crippen molar-refractivity contribution in [2.45, 2.75) is 6.54 Å². The molecule has 82 valence electrons. The summed E-state index contributed by atoms with van der Waals surface area (Å²) in [6.07, 6.45) is 0. The van der Waals surface area contributed by atoms with E-state index in [4.69, 9.17) is 5.11 Å². The van der Waals surface area contributed by atoms with E-state index >= 15 is 0 Å². The lowest BCUT2D eigenvalue weighted by molar-refractivity contribution is 0.0702. The van der Waals surface area contributed by atoms with Gasteiger partial charge in [0.1, 0.15) is 4.88 Å². The quantitative estimate of drug-likeness (QED) is 0.817. The maximum atomic E-state index is 11.2.